The van der Waals surface area contributed by atoms with Crippen LogP contribution in [-0.2, 0) is 22.9 Å². The summed E-state index contributed by atoms with van der Waals surface area (Å²) in [6.07, 6.45) is 4.19. The van der Waals surface area contributed by atoms with Gasteiger partial charge in [-0.15, -0.1) is 0 Å². The van der Waals surface area contributed by atoms with E-state index in [4.69, 9.17) is 14.7 Å². The van der Waals surface area contributed by atoms with Crippen LogP contribution in [0.25, 0.3) is 17.3 Å². The zero-order valence-electron chi connectivity index (χ0n) is 19.2. The van der Waals surface area contributed by atoms with Gasteiger partial charge in [0, 0.05) is 24.5 Å². The SMILES string of the molecule is CC(=O)c1coc(-n2nc(-c3ccc(F)cc3)c(Cc3ccc(S(N)(=O)=O)c(F)c3)c2CC2CC2)n1. The molecule has 1 aliphatic carbocycles. The third kappa shape index (κ3) is 4.84. The quantitative estimate of drug-likeness (QED) is 0.353. The lowest BCUT2D eigenvalue weighted by Gasteiger charge is -2.09. The van der Waals surface area contributed by atoms with E-state index in [1.807, 2.05) is 0 Å². The number of sulfonamides is 1. The minimum Gasteiger partial charge on any atom is -0.430 e. The summed E-state index contributed by atoms with van der Waals surface area (Å²) in [5, 5.41) is 9.82. The van der Waals surface area contributed by atoms with Crippen LogP contribution in [0, 0.1) is 17.6 Å². The van der Waals surface area contributed by atoms with E-state index < -0.39 is 26.6 Å². The van der Waals surface area contributed by atoms with Gasteiger partial charge in [-0.1, -0.05) is 6.07 Å². The molecule has 0 bridgehead atoms. The smallest absolute Gasteiger partial charge is 0.323 e. The third-order valence-corrected chi connectivity index (χ3v) is 7.05. The Morgan fingerprint density at radius 1 is 1.17 bits per heavy atom. The van der Waals surface area contributed by atoms with Crippen molar-refractivity contribution in [2.45, 2.75) is 37.5 Å². The topological polar surface area (TPSA) is 121 Å². The van der Waals surface area contributed by atoms with Gasteiger partial charge in [0.05, 0.1) is 11.4 Å². The van der Waals surface area contributed by atoms with Crippen LogP contribution in [0.3, 0.4) is 0 Å². The molecule has 186 valence electrons. The van der Waals surface area contributed by atoms with Crippen molar-refractivity contribution in [2.75, 3.05) is 0 Å². The van der Waals surface area contributed by atoms with E-state index in [9.17, 15) is 22.0 Å². The number of hydrogen-bond donors (Lipinski definition) is 1. The number of rotatable bonds is 8. The number of aromatic nitrogens is 3. The van der Waals surface area contributed by atoms with Gasteiger partial charge in [0.25, 0.3) is 0 Å². The molecule has 1 fully saturated rings. The van der Waals surface area contributed by atoms with Gasteiger partial charge < -0.3 is 4.42 Å². The number of primary sulfonamides is 1. The summed E-state index contributed by atoms with van der Waals surface area (Å²) < 4.78 is 58.6. The first-order valence-electron chi connectivity index (χ1n) is 11.2. The van der Waals surface area contributed by atoms with Crippen LogP contribution in [0.5, 0.6) is 0 Å². The first-order valence-corrected chi connectivity index (χ1v) is 12.8. The highest BCUT2D eigenvalue weighted by Crippen LogP contribution is 2.37. The van der Waals surface area contributed by atoms with Crippen molar-refractivity contribution < 1.29 is 26.4 Å². The molecule has 2 aromatic carbocycles. The second kappa shape index (κ2) is 9.07. The summed E-state index contributed by atoms with van der Waals surface area (Å²) in [6, 6.07) is 9.69. The van der Waals surface area contributed by atoms with E-state index in [-0.39, 0.29) is 23.9 Å². The van der Waals surface area contributed by atoms with Crippen molar-refractivity contribution in [3.05, 3.63) is 82.9 Å². The van der Waals surface area contributed by atoms with Crippen molar-refractivity contribution in [2.24, 2.45) is 11.1 Å². The minimum absolute atomic E-state index is 0.112. The fourth-order valence-corrected chi connectivity index (χ4v) is 4.67. The van der Waals surface area contributed by atoms with Gasteiger partial charge in [0.2, 0.25) is 10.0 Å². The van der Waals surface area contributed by atoms with Crippen LogP contribution in [0.4, 0.5) is 8.78 Å². The van der Waals surface area contributed by atoms with Gasteiger partial charge in [0.1, 0.15) is 28.5 Å². The Balaban J connectivity index is 1.67. The average molecular weight is 513 g/mol. The Labute approximate surface area is 205 Å². The highest BCUT2D eigenvalue weighted by Gasteiger charge is 2.30. The molecule has 0 unspecified atom stereocenters. The van der Waals surface area contributed by atoms with Gasteiger partial charge in [-0.25, -0.2) is 22.3 Å². The fraction of sp³-hybridized carbons (Fsp3) is 0.240. The minimum atomic E-state index is -4.21. The van der Waals surface area contributed by atoms with E-state index in [2.05, 4.69) is 4.98 Å². The van der Waals surface area contributed by atoms with E-state index >= 15 is 0 Å². The number of nitrogens with two attached hydrogens (primary N) is 1. The van der Waals surface area contributed by atoms with E-state index in [1.165, 1.54) is 36.1 Å². The monoisotopic (exact) mass is 512 g/mol. The lowest BCUT2D eigenvalue weighted by Crippen LogP contribution is -2.14. The Bertz CT molecular complexity index is 1570. The number of carbonyl (C=O) groups excluding carboxylic acids is 1. The molecule has 11 heteroatoms. The van der Waals surface area contributed by atoms with Gasteiger partial charge in [-0.2, -0.15) is 14.8 Å². The van der Waals surface area contributed by atoms with Crippen LogP contribution in [-0.4, -0.2) is 29.0 Å². The predicted octanol–water partition coefficient (Wildman–Crippen LogP) is 4.20. The Morgan fingerprint density at radius 2 is 1.89 bits per heavy atom. The Hall–Kier alpha value is -3.70. The van der Waals surface area contributed by atoms with E-state index in [1.54, 1.807) is 12.1 Å². The summed E-state index contributed by atoms with van der Waals surface area (Å²) in [6.45, 7) is 1.38. The molecule has 0 radical (unpaired) electrons. The molecule has 0 atom stereocenters. The standard InChI is InChI=1S/C25H22F2N4O4S/c1-14(32)21-13-35-25(29-21)31-22(12-15-2-3-15)19(24(30-31)17-5-7-18(26)8-6-17)10-16-4-9-23(20(27)11-16)36(28,33)34/h4-9,11,13,15H,2-3,10,12H2,1H3,(H2,28,33,34). The number of benzene rings is 2. The van der Waals surface area contributed by atoms with Gasteiger partial charge in [-0.05, 0) is 67.1 Å². The zero-order chi connectivity index (χ0) is 25.6. The predicted molar refractivity (Wildman–Crippen MR) is 126 cm³/mol. The summed E-state index contributed by atoms with van der Waals surface area (Å²) >= 11 is 0. The molecule has 4 aromatic rings. The first-order chi connectivity index (χ1) is 17.1. The molecule has 5 rings (SSSR count). The third-order valence-electron chi connectivity index (χ3n) is 6.10. The number of hydrogen-bond acceptors (Lipinski definition) is 6. The molecule has 2 aromatic heterocycles. The summed E-state index contributed by atoms with van der Waals surface area (Å²) in [5.41, 5.74) is 3.30. The number of nitrogens with zero attached hydrogens (tertiary/aromatic N) is 3. The summed E-state index contributed by atoms with van der Waals surface area (Å²) in [4.78, 5) is 15.5. The van der Waals surface area contributed by atoms with Crippen LogP contribution < -0.4 is 5.14 Å². The number of oxazole rings is 1. The van der Waals surface area contributed by atoms with Crippen LogP contribution in [0.15, 0.2) is 58.0 Å². The average Bonchev–Trinajstić information content (AvgIpc) is 3.37. The maximum absolute atomic E-state index is 14.6. The molecule has 0 amide bonds. The highest BCUT2D eigenvalue weighted by atomic mass is 32.2. The number of Topliss-reactive ketones (excluding diaryl/α,β-unsaturated/α-hetero) is 1. The largest absolute Gasteiger partial charge is 0.430 e. The van der Waals surface area contributed by atoms with Crippen molar-refractivity contribution >= 4 is 15.8 Å². The van der Waals surface area contributed by atoms with Crippen molar-refractivity contribution in [1.29, 1.82) is 0 Å². The Morgan fingerprint density at radius 3 is 2.47 bits per heavy atom. The van der Waals surface area contributed by atoms with E-state index in [0.29, 0.717) is 29.2 Å². The molecule has 36 heavy (non-hydrogen) atoms. The van der Waals surface area contributed by atoms with Gasteiger partial charge >= 0.3 is 6.01 Å². The second-order valence-electron chi connectivity index (χ2n) is 8.90. The van der Waals surface area contributed by atoms with Crippen LogP contribution in [0.2, 0.25) is 0 Å². The molecular weight excluding hydrogens is 490 g/mol. The molecular formula is C25H22F2N4O4S. The van der Waals surface area contributed by atoms with Crippen LogP contribution in [0.1, 0.15) is 47.1 Å². The molecule has 2 heterocycles. The molecule has 0 spiro atoms. The van der Waals surface area contributed by atoms with Crippen molar-refractivity contribution in [3.8, 4) is 17.3 Å². The maximum Gasteiger partial charge on any atom is 0.323 e. The molecule has 0 saturated heterocycles. The molecule has 1 aliphatic rings. The van der Waals surface area contributed by atoms with Crippen molar-refractivity contribution in [1.82, 2.24) is 14.8 Å². The van der Waals surface area contributed by atoms with Crippen molar-refractivity contribution in [3.63, 3.8) is 0 Å². The maximum atomic E-state index is 14.6. The molecule has 2 N–H and O–H groups in total. The number of carbonyl (C=O) groups is 1. The summed E-state index contributed by atoms with van der Waals surface area (Å²) in [5.74, 6) is -1.19. The summed E-state index contributed by atoms with van der Waals surface area (Å²) in [7, 11) is -4.21. The highest BCUT2D eigenvalue weighted by molar-refractivity contribution is 7.89. The van der Waals surface area contributed by atoms with Gasteiger partial charge in [-0.3, -0.25) is 4.79 Å². The lowest BCUT2D eigenvalue weighted by atomic mass is 9.97. The van der Waals surface area contributed by atoms with Gasteiger partial charge in [0.15, 0.2) is 5.78 Å². The Kier molecular flexibility index (Phi) is 6.05. The fourth-order valence-electron chi connectivity index (χ4n) is 4.09. The lowest BCUT2D eigenvalue weighted by molar-refractivity contribution is 0.101. The first kappa shape index (κ1) is 24.0. The number of ketones is 1. The number of halogens is 2. The van der Waals surface area contributed by atoms with E-state index in [0.717, 1.165) is 36.2 Å². The zero-order valence-corrected chi connectivity index (χ0v) is 20.1. The van der Waals surface area contributed by atoms with Crippen LogP contribution >= 0.6 is 0 Å². The molecule has 0 aliphatic heterocycles. The molecule has 8 nitrogen and oxygen atoms in total. The normalized spacial score (nSPS) is 13.8. The molecule has 1 saturated carbocycles. The second-order valence-corrected chi connectivity index (χ2v) is 10.4.